The average molecular weight is 303 g/mol. The summed E-state index contributed by atoms with van der Waals surface area (Å²) in [6.45, 7) is 5.75. The molecule has 0 unspecified atom stereocenters. The highest BCUT2D eigenvalue weighted by Gasteiger charge is 2.11. The second kappa shape index (κ2) is 6.41. The predicted octanol–water partition coefficient (Wildman–Crippen LogP) is 2.84. The second-order valence-electron chi connectivity index (χ2n) is 4.80. The Hall–Kier alpha value is -2.34. The van der Waals surface area contributed by atoms with Crippen molar-refractivity contribution in [3.05, 3.63) is 53.0 Å². The number of carbonyl (C=O) groups excluding carboxylic acids is 1. The Morgan fingerprint density at radius 1 is 1.10 bits per heavy atom. The van der Waals surface area contributed by atoms with Crippen LogP contribution in [-0.2, 0) is 0 Å². The molecule has 0 bridgehead atoms. The topological polar surface area (TPSA) is 66.3 Å². The van der Waals surface area contributed by atoms with Gasteiger partial charge in [0.15, 0.2) is 5.11 Å². The van der Waals surface area contributed by atoms with E-state index in [0.717, 1.165) is 16.8 Å². The van der Waals surface area contributed by atoms with Crippen LogP contribution in [0.3, 0.4) is 0 Å². The maximum absolute atomic E-state index is 11.9. The van der Waals surface area contributed by atoms with Crippen molar-refractivity contribution in [3.63, 3.8) is 0 Å². The normalized spacial score (nSPS) is 10.0. The van der Waals surface area contributed by atoms with Crippen molar-refractivity contribution in [1.29, 1.82) is 0 Å². The van der Waals surface area contributed by atoms with Crippen molar-refractivity contribution in [2.45, 2.75) is 20.8 Å². The number of nitrogens with one attached hydrogen (secondary N) is 3. The number of aryl methyl sites for hydroxylation is 3. The third-order valence-corrected chi connectivity index (χ3v) is 3.08. The van der Waals surface area contributed by atoms with Crippen LogP contribution >= 0.6 is 12.2 Å². The minimum atomic E-state index is -0.300. The summed E-state index contributed by atoms with van der Waals surface area (Å²) in [5.41, 5.74) is 8.80. The number of amides is 1. The van der Waals surface area contributed by atoms with E-state index < -0.39 is 0 Å². The molecular weight excluding hydrogens is 286 g/mol. The van der Waals surface area contributed by atoms with Gasteiger partial charge in [-0.25, -0.2) is 0 Å². The lowest BCUT2D eigenvalue weighted by molar-refractivity contribution is 0.0942. The average Bonchev–Trinajstić information content (AvgIpc) is 2.81. The van der Waals surface area contributed by atoms with Gasteiger partial charge in [0.1, 0.15) is 5.76 Å². The zero-order valence-electron chi connectivity index (χ0n) is 12.1. The van der Waals surface area contributed by atoms with Crippen LogP contribution in [-0.4, -0.2) is 11.0 Å². The molecule has 0 radical (unpaired) electrons. The molecule has 0 aliphatic rings. The van der Waals surface area contributed by atoms with Crippen LogP contribution in [0.15, 0.2) is 34.9 Å². The van der Waals surface area contributed by atoms with Crippen LogP contribution < -0.4 is 16.2 Å². The number of anilines is 1. The van der Waals surface area contributed by atoms with Crippen molar-refractivity contribution >= 4 is 28.9 Å². The number of hydrogen-bond acceptors (Lipinski definition) is 3. The van der Waals surface area contributed by atoms with E-state index in [2.05, 4.69) is 22.2 Å². The van der Waals surface area contributed by atoms with Gasteiger partial charge in [0.05, 0.1) is 11.8 Å². The summed E-state index contributed by atoms with van der Waals surface area (Å²) in [7, 11) is 0. The fourth-order valence-electron chi connectivity index (χ4n) is 2.01. The molecule has 0 atom stereocenters. The van der Waals surface area contributed by atoms with E-state index in [9.17, 15) is 4.79 Å². The lowest BCUT2D eigenvalue weighted by Crippen LogP contribution is -2.43. The third-order valence-electron chi connectivity index (χ3n) is 2.87. The summed E-state index contributed by atoms with van der Waals surface area (Å²) in [6, 6.07) is 7.63. The quantitative estimate of drug-likeness (QED) is 0.588. The summed E-state index contributed by atoms with van der Waals surface area (Å²) < 4.78 is 5.08. The minimum Gasteiger partial charge on any atom is -0.469 e. The van der Waals surface area contributed by atoms with Crippen LogP contribution in [0.2, 0.25) is 0 Å². The fourth-order valence-corrected chi connectivity index (χ4v) is 2.18. The number of hydrogen-bond donors (Lipinski definition) is 3. The second-order valence-corrected chi connectivity index (χ2v) is 5.21. The molecule has 1 aromatic carbocycles. The molecule has 0 spiro atoms. The van der Waals surface area contributed by atoms with Crippen LogP contribution in [0.25, 0.3) is 0 Å². The van der Waals surface area contributed by atoms with Crippen molar-refractivity contribution in [2.24, 2.45) is 0 Å². The van der Waals surface area contributed by atoms with Crippen molar-refractivity contribution < 1.29 is 9.21 Å². The molecule has 2 aromatic rings. The molecule has 1 amide bonds. The van der Waals surface area contributed by atoms with E-state index >= 15 is 0 Å². The summed E-state index contributed by atoms with van der Waals surface area (Å²) in [5.74, 6) is 0.258. The third kappa shape index (κ3) is 4.06. The van der Waals surface area contributed by atoms with Gasteiger partial charge in [-0.1, -0.05) is 6.07 Å². The molecule has 5 nitrogen and oxygen atoms in total. The van der Waals surface area contributed by atoms with Gasteiger partial charge in [0.2, 0.25) is 0 Å². The van der Waals surface area contributed by atoms with Crippen molar-refractivity contribution in [3.8, 4) is 0 Å². The van der Waals surface area contributed by atoms with Crippen LogP contribution in [0, 0.1) is 20.8 Å². The number of benzene rings is 1. The fraction of sp³-hybridized carbons (Fsp3) is 0.200. The molecule has 110 valence electrons. The van der Waals surface area contributed by atoms with Gasteiger partial charge in [0, 0.05) is 5.69 Å². The zero-order valence-corrected chi connectivity index (χ0v) is 12.9. The Morgan fingerprint density at radius 2 is 1.76 bits per heavy atom. The standard InChI is InChI=1S/C15H17N3O2S/c1-9-6-10(2)8-12(7-9)16-15(21)18-17-14(19)13-4-5-20-11(13)3/h4-8H,1-3H3,(H,17,19)(H2,16,18,21). The van der Waals surface area contributed by atoms with E-state index in [1.54, 1.807) is 13.0 Å². The number of rotatable bonds is 2. The van der Waals surface area contributed by atoms with Gasteiger partial charge in [-0.2, -0.15) is 0 Å². The van der Waals surface area contributed by atoms with Crippen LogP contribution in [0.1, 0.15) is 27.2 Å². The predicted molar refractivity (Wildman–Crippen MR) is 86.2 cm³/mol. The van der Waals surface area contributed by atoms with E-state index in [1.165, 1.54) is 6.26 Å². The summed E-state index contributed by atoms with van der Waals surface area (Å²) >= 11 is 5.14. The van der Waals surface area contributed by atoms with Gasteiger partial charge < -0.3 is 9.73 Å². The van der Waals surface area contributed by atoms with Crippen LogP contribution in [0.4, 0.5) is 5.69 Å². The first-order chi connectivity index (χ1) is 9.95. The summed E-state index contributed by atoms with van der Waals surface area (Å²) in [6.07, 6.45) is 1.47. The lowest BCUT2D eigenvalue weighted by atomic mass is 10.1. The molecule has 3 N–H and O–H groups in total. The number of carbonyl (C=O) groups is 1. The molecular formula is C15H17N3O2S. The molecule has 0 saturated heterocycles. The maximum atomic E-state index is 11.9. The molecule has 6 heteroatoms. The Balaban J connectivity index is 1.90. The highest BCUT2D eigenvalue weighted by atomic mass is 32.1. The van der Waals surface area contributed by atoms with E-state index in [4.69, 9.17) is 16.6 Å². The number of furan rings is 1. The van der Waals surface area contributed by atoms with Crippen molar-refractivity contribution in [2.75, 3.05) is 5.32 Å². The largest absolute Gasteiger partial charge is 0.469 e. The van der Waals surface area contributed by atoms with Gasteiger partial charge in [-0.3, -0.25) is 15.6 Å². The SMILES string of the molecule is Cc1cc(C)cc(NC(=S)NNC(=O)c2ccoc2C)c1. The Kier molecular flexibility index (Phi) is 4.59. The molecule has 2 rings (SSSR count). The Labute approximate surface area is 128 Å². The maximum Gasteiger partial charge on any atom is 0.273 e. The Bertz CT molecular complexity index is 659. The molecule has 1 heterocycles. The van der Waals surface area contributed by atoms with E-state index in [1.807, 2.05) is 26.0 Å². The lowest BCUT2D eigenvalue weighted by Gasteiger charge is -2.12. The molecule has 21 heavy (non-hydrogen) atoms. The number of hydrazine groups is 1. The van der Waals surface area contributed by atoms with E-state index in [-0.39, 0.29) is 5.91 Å². The highest BCUT2D eigenvalue weighted by Crippen LogP contribution is 2.13. The first-order valence-electron chi connectivity index (χ1n) is 6.45. The van der Waals surface area contributed by atoms with E-state index in [0.29, 0.717) is 16.4 Å². The first-order valence-corrected chi connectivity index (χ1v) is 6.86. The van der Waals surface area contributed by atoms with Gasteiger partial charge >= 0.3 is 0 Å². The summed E-state index contributed by atoms with van der Waals surface area (Å²) in [5, 5.41) is 3.34. The summed E-state index contributed by atoms with van der Waals surface area (Å²) in [4.78, 5) is 11.9. The monoisotopic (exact) mass is 303 g/mol. The molecule has 0 aliphatic heterocycles. The molecule has 0 aliphatic carbocycles. The molecule has 1 aromatic heterocycles. The minimum absolute atomic E-state index is 0.300. The number of thiocarbonyl (C=S) groups is 1. The van der Waals surface area contributed by atoms with Gasteiger partial charge in [0.25, 0.3) is 5.91 Å². The highest BCUT2D eigenvalue weighted by molar-refractivity contribution is 7.80. The first kappa shape index (κ1) is 15.1. The van der Waals surface area contributed by atoms with Gasteiger partial charge in [-0.15, -0.1) is 0 Å². The van der Waals surface area contributed by atoms with Crippen LogP contribution in [0.5, 0.6) is 0 Å². The zero-order chi connectivity index (χ0) is 15.4. The Morgan fingerprint density at radius 3 is 2.33 bits per heavy atom. The van der Waals surface area contributed by atoms with Crippen molar-refractivity contribution in [1.82, 2.24) is 10.9 Å². The molecule has 0 fully saturated rings. The van der Waals surface area contributed by atoms with Gasteiger partial charge in [-0.05, 0) is 62.3 Å². The molecule has 0 saturated carbocycles. The smallest absolute Gasteiger partial charge is 0.273 e.